The second kappa shape index (κ2) is 11.0. The zero-order chi connectivity index (χ0) is 20.4. The summed E-state index contributed by atoms with van der Waals surface area (Å²) < 4.78 is 5.19. The molecule has 1 unspecified atom stereocenters. The van der Waals surface area contributed by atoms with Gasteiger partial charge in [-0.1, -0.05) is 74.4 Å². The van der Waals surface area contributed by atoms with Crippen molar-refractivity contribution in [2.24, 2.45) is 5.73 Å². The zero-order valence-corrected chi connectivity index (χ0v) is 16.2. The van der Waals surface area contributed by atoms with Gasteiger partial charge in [0.15, 0.2) is 5.78 Å². The van der Waals surface area contributed by atoms with Gasteiger partial charge < -0.3 is 10.5 Å². The maximum atomic E-state index is 12.3. The van der Waals surface area contributed by atoms with E-state index in [-0.39, 0.29) is 18.6 Å². The van der Waals surface area contributed by atoms with Gasteiger partial charge in [0.1, 0.15) is 0 Å². The molecule has 28 heavy (non-hydrogen) atoms. The Morgan fingerprint density at radius 2 is 1.61 bits per heavy atom. The van der Waals surface area contributed by atoms with E-state index in [0.29, 0.717) is 11.1 Å². The minimum absolute atomic E-state index is 0.0221. The zero-order valence-electron chi connectivity index (χ0n) is 16.2. The molecular formula is C23H27NO4. The van der Waals surface area contributed by atoms with Crippen LogP contribution in [0.4, 0.5) is 0 Å². The molecule has 0 bridgehead atoms. The number of ether oxygens (including phenoxy) is 1. The number of primary amides is 1. The number of aryl methyl sites for hydroxylation is 1. The van der Waals surface area contributed by atoms with Crippen molar-refractivity contribution in [1.29, 1.82) is 0 Å². The summed E-state index contributed by atoms with van der Waals surface area (Å²) in [5, 5.41) is 0. The van der Waals surface area contributed by atoms with Crippen molar-refractivity contribution in [2.45, 2.75) is 51.6 Å². The van der Waals surface area contributed by atoms with Crippen molar-refractivity contribution in [2.75, 3.05) is 0 Å². The molecule has 0 saturated carbocycles. The lowest BCUT2D eigenvalue weighted by Crippen LogP contribution is -2.26. The third kappa shape index (κ3) is 6.65. The minimum Gasteiger partial charge on any atom is -0.447 e. The molecule has 5 nitrogen and oxygen atoms in total. The van der Waals surface area contributed by atoms with Crippen LogP contribution in [0.15, 0.2) is 54.6 Å². The Bertz CT molecular complexity index is 784. The van der Waals surface area contributed by atoms with Crippen LogP contribution in [0, 0.1) is 0 Å². The minimum atomic E-state index is -1.15. The predicted molar refractivity (Wildman–Crippen MR) is 108 cm³/mol. The van der Waals surface area contributed by atoms with Crippen LogP contribution in [0.5, 0.6) is 0 Å². The van der Waals surface area contributed by atoms with Crippen molar-refractivity contribution >= 4 is 17.7 Å². The lowest BCUT2D eigenvalue weighted by molar-refractivity contribution is -0.155. The lowest BCUT2D eigenvalue weighted by Gasteiger charge is -2.14. The van der Waals surface area contributed by atoms with E-state index in [1.807, 2.05) is 12.1 Å². The molecule has 0 aliphatic rings. The molecule has 0 saturated heterocycles. The molecule has 1 atom stereocenters. The largest absolute Gasteiger partial charge is 0.447 e. The quantitative estimate of drug-likeness (QED) is 0.360. The lowest BCUT2D eigenvalue weighted by atomic mass is 10.0. The molecule has 148 valence electrons. The molecule has 0 aliphatic heterocycles. The summed E-state index contributed by atoms with van der Waals surface area (Å²) in [4.78, 5) is 36.0. The van der Waals surface area contributed by atoms with E-state index >= 15 is 0 Å². The summed E-state index contributed by atoms with van der Waals surface area (Å²) in [7, 11) is 0. The summed E-state index contributed by atoms with van der Waals surface area (Å²) in [6.07, 6.45) is 3.28. The highest BCUT2D eigenvalue weighted by molar-refractivity contribution is 5.97. The highest BCUT2D eigenvalue weighted by Crippen LogP contribution is 2.18. The van der Waals surface area contributed by atoms with Crippen molar-refractivity contribution in [3.8, 4) is 0 Å². The van der Waals surface area contributed by atoms with Crippen LogP contribution < -0.4 is 5.73 Å². The van der Waals surface area contributed by atoms with E-state index in [1.165, 1.54) is 18.4 Å². The molecule has 2 N–H and O–H groups in total. The second-order valence-corrected chi connectivity index (χ2v) is 6.76. The Morgan fingerprint density at radius 1 is 0.929 bits per heavy atom. The summed E-state index contributed by atoms with van der Waals surface area (Å²) >= 11 is 0. The highest BCUT2D eigenvalue weighted by Gasteiger charge is 2.22. The van der Waals surface area contributed by atoms with E-state index in [0.717, 1.165) is 12.8 Å². The Labute approximate surface area is 165 Å². The first-order valence-electron chi connectivity index (χ1n) is 9.67. The van der Waals surface area contributed by atoms with Gasteiger partial charge in [-0.25, -0.2) is 0 Å². The Balaban J connectivity index is 1.86. The number of ketones is 1. The van der Waals surface area contributed by atoms with Crippen molar-refractivity contribution < 1.29 is 19.1 Å². The Kier molecular flexibility index (Phi) is 8.40. The van der Waals surface area contributed by atoms with Crippen molar-refractivity contribution in [1.82, 2.24) is 0 Å². The average Bonchev–Trinajstić information content (AvgIpc) is 2.71. The van der Waals surface area contributed by atoms with Crippen LogP contribution in [0.2, 0.25) is 0 Å². The third-order valence-electron chi connectivity index (χ3n) is 4.51. The number of unbranched alkanes of at least 4 members (excludes halogenated alkanes) is 2. The van der Waals surface area contributed by atoms with Crippen LogP contribution in [0.25, 0.3) is 0 Å². The molecule has 2 rings (SSSR count). The first kappa shape index (κ1) is 21.4. The monoisotopic (exact) mass is 381 g/mol. The van der Waals surface area contributed by atoms with E-state index in [2.05, 4.69) is 6.92 Å². The number of hydrogen-bond donors (Lipinski definition) is 1. The first-order chi connectivity index (χ1) is 13.5. The molecule has 0 aromatic heterocycles. The summed E-state index contributed by atoms with van der Waals surface area (Å²) in [5.74, 6) is -1.51. The van der Waals surface area contributed by atoms with Crippen LogP contribution in [-0.2, 0) is 20.7 Å². The first-order valence-corrected chi connectivity index (χ1v) is 9.67. The van der Waals surface area contributed by atoms with E-state index in [9.17, 15) is 14.4 Å². The number of amides is 1. The maximum absolute atomic E-state index is 12.3. The molecule has 2 aromatic rings. The molecular weight excluding hydrogens is 354 g/mol. The number of carbonyl (C=O) groups excluding carboxylic acids is 3. The molecule has 0 spiro atoms. The molecule has 0 fully saturated rings. The van der Waals surface area contributed by atoms with Gasteiger partial charge in [0, 0.05) is 17.5 Å². The van der Waals surface area contributed by atoms with Crippen LogP contribution in [0.1, 0.15) is 66.6 Å². The maximum Gasteiger partial charge on any atom is 0.307 e. The number of esters is 1. The predicted octanol–water partition coefficient (Wildman–Crippen LogP) is 4.15. The summed E-state index contributed by atoms with van der Waals surface area (Å²) in [6, 6.07) is 16.1. The number of Topliss-reactive ketones (excluding diaryl/α,β-unsaturated/α-hetero) is 1. The van der Waals surface area contributed by atoms with Gasteiger partial charge >= 0.3 is 5.97 Å². The van der Waals surface area contributed by atoms with E-state index < -0.39 is 18.0 Å². The Hall–Kier alpha value is -2.95. The molecule has 0 heterocycles. The molecule has 0 aliphatic carbocycles. The number of rotatable bonds is 11. The smallest absolute Gasteiger partial charge is 0.307 e. The number of carbonyl (C=O) groups is 3. The SMILES string of the molecule is CCCCCc1ccc(C(=O)CCC(=O)OC(C(N)=O)c2ccccc2)cc1. The normalized spacial score (nSPS) is 11.6. The van der Waals surface area contributed by atoms with Gasteiger partial charge in [0.2, 0.25) is 6.10 Å². The highest BCUT2D eigenvalue weighted by atomic mass is 16.5. The fourth-order valence-corrected chi connectivity index (χ4v) is 2.90. The van der Waals surface area contributed by atoms with Gasteiger partial charge in [-0.15, -0.1) is 0 Å². The topological polar surface area (TPSA) is 86.5 Å². The second-order valence-electron chi connectivity index (χ2n) is 6.76. The molecule has 2 aromatic carbocycles. The summed E-state index contributed by atoms with van der Waals surface area (Å²) in [6.45, 7) is 2.16. The van der Waals surface area contributed by atoms with Gasteiger partial charge in [0.25, 0.3) is 5.91 Å². The number of nitrogens with two attached hydrogens (primary N) is 1. The fraction of sp³-hybridized carbons (Fsp3) is 0.348. The molecule has 5 heteroatoms. The van der Waals surface area contributed by atoms with Crippen LogP contribution in [-0.4, -0.2) is 17.7 Å². The molecule has 1 amide bonds. The van der Waals surface area contributed by atoms with Gasteiger partial charge in [0.05, 0.1) is 6.42 Å². The van der Waals surface area contributed by atoms with E-state index in [4.69, 9.17) is 10.5 Å². The van der Waals surface area contributed by atoms with Crippen molar-refractivity contribution in [3.05, 3.63) is 71.3 Å². The van der Waals surface area contributed by atoms with Gasteiger partial charge in [-0.2, -0.15) is 0 Å². The van der Waals surface area contributed by atoms with Crippen molar-refractivity contribution in [3.63, 3.8) is 0 Å². The molecule has 0 radical (unpaired) electrons. The summed E-state index contributed by atoms with van der Waals surface area (Å²) in [5.41, 5.74) is 7.62. The average molecular weight is 381 g/mol. The van der Waals surface area contributed by atoms with Gasteiger partial charge in [-0.3, -0.25) is 14.4 Å². The number of hydrogen-bond acceptors (Lipinski definition) is 4. The Morgan fingerprint density at radius 3 is 2.21 bits per heavy atom. The fourth-order valence-electron chi connectivity index (χ4n) is 2.90. The standard InChI is InChI=1S/C23H27NO4/c1-2-3-5-8-17-11-13-18(14-12-17)20(25)15-16-21(26)28-22(23(24)27)19-9-6-4-7-10-19/h4,6-7,9-14,22H,2-3,5,8,15-16H2,1H3,(H2,24,27). The third-order valence-corrected chi connectivity index (χ3v) is 4.51. The van der Waals surface area contributed by atoms with E-state index in [1.54, 1.807) is 42.5 Å². The van der Waals surface area contributed by atoms with Gasteiger partial charge in [-0.05, 0) is 18.4 Å². The van der Waals surface area contributed by atoms with Crippen LogP contribution >= 0.6 is 0 Å². The number of benzene rings is 2. The van der Waals surface area contributed by atoms with Crippen LogP contribution in [0.3, 0.4) is 0 Å².